The summed E-state index contributed by atoms with van der Waals surface area (Å²) in [7, 11) is 0. The molecule has 3 aromatic rings. The lowest BCUT2D eigenvalue weighted by Gasteiger charge is -2.08. The minimum absolute atomic E-state index is 0.404. The molecule has 0 saturated carbocycles. The van der Waals surface area contributed by atoms with Crippen molar-refractivity contribution in [2.45, 2.75) is 52.1 Å². The maximum Gasteiger partial charge on any atom is 0.416 e. The normalized spacial score (nSPS) is 12.6. The highest BCUT2D eigenvalue weighted by molar-refractivity contribution is 7.11. The van der Waals surface area contributed by atoms with E-state index < -0.39 is 17.7 Å². The van der Waals surface area contributed by atoms with E-state index in [0.29, 0.717) is 25.0 Å². The van der Waals surface area contributed by atoms with Crippen LogP contribution in [0.2, 0.25) is 0 Å². The summed E-state index contributed by atoms with van der Waals surface area (Å²) in [6, 6.07) is 11.8. The number of carboxylic acids is 1. The zero-order chi connectivity index (χ0) is 24.0. The number of aryl methyl sites for hydroxylation is 3. The number of aromatic nitrogens is 1. The Hall–Kier alpha value is -2.87. The molecule has 1 aliphatic rings. The molecule has 0 atom stereocenters. The molecule has 1 aliphatic carbocycles. The van der Waals surface area contributed by atoms with Crippen molar-refractivity contribution in [3.05, 3.63) is 80.3 Å². The fraction of sp³-hybridized carbons (Fsp3) is 0.360. The zero-order valence-corrected chi connectivity index (χ0v) is 19.4. The van der Waals surface area contributed by atoms with E-state index in [2.05, 4.69) is 17.1 Å². The van der Waals surface area contributed by atoms with E-state index in [1.54, 1.807) is 6.07 Å². The van der Waals surface area contributed by atoms with E-state index in [1.165, 1.54) is 41.0 Å². The predicted octanol–water partition coefficient (Wildman–Crippen LogP) is 6.26. The number of carboxylic acid groups (broad SMARTS) is 1. The number of carbonyl (C=O) groups is 1. The summed E-state index contributed by atoms with van der Waals surface area (Å²) < 4.78 is 44.6. The zero-order valence-electron chi connectivity index (χ0n) is 18.5. The number of alkyl halides is 3. The third-order valence-electron chi connectivity index (χ3n) is 5.22. The number of aliphatic carboxylic acids is 1. The van der Waals surface area contributed by atoms with Crippen molar-refractivity contribution >= 4 is 17.3 Å². The van der Waals surface area contributed by atoms with Gasteiger partial charge in [0.05, 0.1) is 22.9 Å². The van der Waals surface area contributed by atoms with Crippen LogP contribution in [0.25, 0.3) is 0 Å². The van der Waals surface area contributed by atoms with Crippen LogP contribution < -0.4 is 4.74 Å². The van der Waals surface area contributed by atoms with Crippen molar-refractivity contribution in [2.24, 2.45) is 0 Å². The number of hydrogen-bond donors (Lipinski definition) is 1. The molecule has 0 fully saturated rings. The van der Waals surface area contributed by atoms with E-state index in [4.69, 9.17) is 14.6 Å². The Bertz CT molecular complexity index is 1100. The SMILES string of the molecule is CC(=O)O.Cc1sc(Cc2cccc(C(F)(F)F)c2)nc1CCOc1ccc2c(c1)CCC2. The summed E-state index contributed by atoms with van der Waals surface area (Å²) in [6.07, 6.45) is 0.252. The Morgan fingerprint density at radius 3 is 2.61 bits per heavy atom. The molecule has 0 spiro atoms. The van der Waals surface area contributed by atoms with Crippen molar-refractivity contribution in [2.75, 3.05) is 6.61 Å². The maximum atomic E-state index is 12.9. The first-order chi connectivity index (χ1) is 15.6. The third kappa shape index (κ3) is 7.32. The van der Waals surface area contributed by atoms with Gasteiger partial charge in [-0.1, -0.05) is 24.3 Å². The van der Waals surface area contributed by atoms with E-state index in [9.17, 15) is 13.2 Å². The molecule has 0 saturated heterocycles. The number of benzene rings is 2. The lowest BCUT2D eigenvalue weighted by Crippen LogP contribution is -2.05. The monoisotopic (exact) mass is 477 g/mol. The molecule has 0 unspecified atom stereocenters. The van der Waals surface area contributed by atoms with Gasteiger partial charge in [-0.3, -0.25) is 4.79 Å². The summed E-state index contributed by atoms with van der Waals surface area (Å²) in [5, 5.41) is 8.24. The highest BCUT2D eigenvalue weighted by Crippen LogP contribution is 2.31. The van der Waals surface area contributed by atoms with Crippen molar-refractivity contribution in [1.82, 2.24) is 4.98 Å². The van der Waals surface area contributed by atoms with Crippen LogP contribution in [0.5, 0.6) is 5.75 Å². The highest BCUT2D eigenvalue weighted by atomic mass is 32.1. The number of thiazole rings is 1. The molecular formula is C25H26F3NO3S. The first-order valence-corrected chi connectivity index (χ1v) is 11.5. The molecule has 0 bridgehead atoms. The van der Waals surface area contributed by atoms with Crippen molar-refractivity contribution in [3.8, 4) is 5.75 Å². The van der Waals surface area contributed by atoms with Gasteiger partial charge in [0, 0.05) is 24.6 Å². The van der Waals surface area contributed by atoms with Gasteiger partial charge in [0.2, 0.25) is 0 Å². The molecule has 0 radical (unpaired) electrons. The maximum absolute atomic E-state index is 12.9. The molecule has 33 heavy (non-hydrogen) atoms. The molecule has 2 aromatic carbocycles. The molecule has 0 amide bonds. The van der Waals surface area contributed by atoms with Crippen LogP contribution in [0.3, 0.4) is 0 Å². The fourth-order valence-electron chi connectivity index (χ4n) is 3.73. The summed E-state index contributed by atoms with van der Waals surface area (Å²) >= 11 is 1.54. The van der Waals surface area contributed by atoms with E-state index >= 15 is 0 Å². The van der Waals surface area contributed by atoms with Gasteiger partial charge in [-0.05, 0) is 61.1 Å². The Kier molecular flexibility index (Phi) is 8.13. The van der Waals surface area contributed by atoms with Gasteiger partial charge in [-0.2, -0.15) is 13.2 Å². The van der Waals surface area contributed by atoms with Crippen molar-refractivity contribution in [1.29, 1.82) is 0 Å². The molecular weight excluding hydrogens is 451 g/mol. The molecule has 8 heteroatoms. The van der Waals surface area contributed by atoms with E-state index in [1.807, 2.05) is 13.0 Å². The Balaban J connectivity index is 0.000000709. The van der Waals surface area contributed by atoms with Gasteiger partial charge < -0.3 is 9.84 Å². The first kappa shape index (κ1) is 24.8. The molecule has 1 heterocycles. The van der Waals surface area contributed by atoms with Crippen LogP contribution in [0.1, 0.15) is 51.2 Å². The minimum Gasteiger partial charge on any atom is -0.493 e. The molecule has 4 nitrogen and oxygen atoms in total. The highest BCUT2D eigenvalue weighted by Gasteiger charge is 2.30. The number of halogens is 3. The molecule has 4 rings (SSSR count). The smallest absolute Gasteiger partial charge is 0.416 e. The summed E-state index contributed by atoms with van der Waals surface area (Å²) in [6.45, 7) is 3.62. The van der Waals surface area contributed by atoms with Crippen LogP contribution in [0, 0.1) is 6.92 Å². The second kappa shape index (κ2) is 10.8. The quantitative estimate of drug-likeness (QED) is 0.455. The average Bonchev–Trinajstić information content (AvgIpc) is 3.33. The standard InChI is InChI=1S/C23H22F3NOS.C2H4O2/c1-15-21(10-11-28-20-9-8-17-5-3-6-18(17)14-20)27-22(29-15)13-16-4-2-7-19(12-16)23(24,25)26;1-2(3)4/h2,4,7-9,12,14H,3,5-6,10-11,13H2,1H3;1H3,(H,3,4). The lowest BCUT2D eigenvalue weighted by atomic mass is 10.1. The van der Waals surface area contributed by atoms with Crippen LogP contribution >= 0.6 is 11.3 Å². The van der Waals surface area contributed by atoms with Gasteiger partial charge in [-0.15, -0.1) is 11.3 Å². The van der Waals surface area contributed by atoms with Gasteiger partial charge in [-0.25, -0.2) is 4.98 Å². The second-order valence-electron chi connectivity index (χ2n) is 7.89. The second-order valence-corrected chi connectivity index (χ2v) is 9.17. The molecule has 1 aromatic heterocycles. The Labute approximate surface area is 195 Å². The van der Waals surface area contributed by atoms with Crippen LogP contribution in [-0.2, 0) is 36.7 Å². The van der Waals surface area contributed by atoms with Gasteiger partial charge in [0.15, 0.2) is 0 Å². The Morgan fingerprint density at radius 1 is 1.15 bits per heavy atom. The van der Waals surface area contributed by atoms with Crippen molar-refractivity contribution < 1.29 is 27.8 Å². The summed E-state index contributed by atoms with van der Waals surface area (Å²) in [4.78, 5) is 14.7. The minimum atomic E-state index is -4.32. The van der Waals surface area contributed by atoms with Crippen LogP contribution in [-0.4, -0.2) is 22.7 Å². The number of hydrogen-bond acceptors (Lipinski definition) is 4. The van der Waals surface area contributed by atoms with Gasteiger partial charge >= 0.3 is 6.18 Å². The number of ether oxygens (including phenoxy) is 1. The molecule has 0 aliphatic heterocycles. The van der Waals surface area contributed by atoms with Gasteiger partial charge in [0.1, 0.15) is 5.75 Å². The van der Waals surface area contributed by atoms with Crippen molar-refractivity contribution in [3.63, 3.8) is 0 Å². The van der Waals surface area contributed by atoms with Crippen LogP contribution in [0.4, 0.5) is 13.2 Å². The summed E-state index contributed by atoms with van der Waals surface area (Å²) in [5.41, 5.74) is 3.77. The average molecular weight is 478 g/mol. The Morgan fingerprint density at radius 2 is 1.88 bits per heavy atom. The predicted molar refractivity (Wildman–Crippen MR) is 122 cm³/mol. The topological polar surface area (TPSA) is 59.4 Å². The largest absolute Gasteiger partial charge is 0.493 e. The number of nitrogens with zero attached hydrogens (tertiary/aromatic N) is 1. The third-order valence-corrected chi connectivity index (χ3v) is 6.24. The van der Waals surface area contributed by atoms with E-state index in [-0.39, 0.29) is 0 Å². The summed E-state index contributed by atoms with van der Waals surface area (Å²) in [5.74, 6) is 0.0581. The van der Waals surface area contributed by atoms with E-state index in [0.717, 1.165) is 47.2 Å². The first-order valence-electron chi connectivity index (χ1n) is 10.7. The van der Waals surface area contributed by atoms with Gasteiger partial charge in [0.25, 0.3) is 5.97 Å². The molecule has 176 valence electrons. The number of fused-ring (bicyclic) bond motifs is 1. The molecule has 1 N–H and O–H groups in total. The number of rotatable bonds is 6. The van der Waals surface area contributed by atoms with Crippen LogP contribution in [0.15, 0.2) is 42.5 Å². The fourth-order valence-corrected chi connectivity index (χ4v) is 4.74. The lowest BCUT2D eigenvalue weighted by molar-refractivity contribution is -0.137.